The van der Waals surface area contributed by atoms with Gasteiger partial charge < -0.3 is 5.32 Å². The number of alkyl halides is 12. The van der Waals surface area contributed by atoms with E-state index in [0.29, 0.717) is 24.3 Å². The number of hydrogen-bond acceptors (Lipinski definition) is 2. The van der Waals surface area contributed by atoms with E-state index >= 15 is 0 Å². The third-order valence-electron chi connectivity index (χ3n) is 4.47. The Morgan fingerprint density at radius 2 is 0.951 bits per heavy atom. The Kier molecular flexibility index (Phi) is 11.6. The van der Waals surface area contributed by atoms with Gasteiger partial charge in [-0.25, -0.2) is 0 Å². The molecule has 0 spiro atoms. The molecule has 0 fully saturated rings. The zero-order chi connectivity index (χ0) is 32.2. The first kappa shape index (κ1) is 36.4. The summed E-state index contributed by atoms with van der Waals surface area (Å²) in [7, 11) is 0. The van der Waals surface area contributed by atoms with Crippen molar-refractivity contribution in [2.45, 2.75) is 64.9 Å². The van der Waals surface area contributed by atoms with Crippen molar-refractivity contribution in [3.05, 3.63) is 75.7 Å². The van der Waals surface area contributed by atoms with Gasteiger partial charge in [0.15, 0.2) is 0 Å². The van der Waals surface area contributed by atoms with Gasteiger partial charge in [0.1, 0.15) is 0 Å². The molecule has 0 N–H and O–H groups in total. The van der Waals surface area contributed by atoms with Gasteiger partial charge in [-0.05, 0) is 31.2 Å². The summed E-state index contributed by atoms with van der Waals surface area (Å²) >= 11 is 1.52. The molecule has 3 nitrogen and oxygen atoms in total. The van der Waals surface area contributed by atoms with Crippen LogP contribution >= 0.6 is 0 Å². The number of benzene rings is 2. The third-order valence-corrected chi connectivity index (χ3v) is 5.95. The van der Waals surface area contributed by atoms with Crippen LogP contribution in [0.15, 0.2) is 56.5 Å². The first-order valence-electron chi connectivity index (χ1n) is 11.1. The van der Waals surface area contributed by atoms with Crippen molar-refractivity contribution < 1.29 is 73.6 Å². The van der Waals surface area contributed by atoms with Crippen molar-refractivity contribution in [2.24, 2.45) is 8.33 Å². The molecular weight excluding hydrogens is 663 g/mol. The van der Waals surface area contributed by atoms with E-state index in [1.54, 1.807) is 0 Å². The summed E-state index contributed by atoms with van der Waals surface area (Å²) < 4.78 is 160. The van der Waals surface area contributed by atoms with Crippen molar-refractivity contribution in [1.29, 1.82) is 0 Å². The van der Waals surface area contributed by atoms with Gasteiger partial charge in [-0.2, -0.15) is 58.4 Å². The average Bonchev–Trinajstić information content (AvgIpc) is 2.76. The van der Waals surface area contributed by atoms with Gasteiger partial charge in [0, 0.05) is 5.71 Å². The van der Waals surface area contributed by atoms with Gasteiger partial charge in [0.05, 0.1) is 27.9 Å². The minimum absolute atomic E-state index is 0.101. The zero-order valence-corrected chi connectivity index (χ0v) is 24.1. The molecule has 2 aromatic carbocycles. The Labute approximate surface area is 239 Å². The molecule has 0 aliphatic carbocycles. The molecule has 0 saturated carbocycles. The van der Waals surface area contributed by atoms with Crippen LogP contribution in [-0.2, 0) is 45.6 Å². The molecule has 0 aromatic heterocycles. The summed E-state index contributed by atoms with van der Waals surface area (Å²) in [6, 6.07) is 1.19. The fraction of sp³-hybridized carbons (Fsp3) is 0.400. The molecule has 0 unspecified atom stereocenters. The maximum absolute atomic E-state index is 13.0. The first-order valence-corrected chi connectivity index (χ1v) is 12.1. The zero-order valence-electron chi connectivity index (χ0n) is 21.9. The predicted octanol–water partition coefficient (Wildman–Crippen LogP) is 11.0. The topological polar surface area (TPSA) is 38.8 Å². The van der Waals surface area contributed by atoms with Gasteiger partial charge in [-0.1, -0.05) is 25.1 Å². The Balaban J connectivity index is 0.00000126. The molecular formula is C25H22F12N3Nb-. The Hall–Kier alpha value is -2.65. The summed E-state index contributed by atoms with van der Waals surface area (Å²) in [5.41, 5.74) is -8.18. The number of aliphatic imine (C=N–C) groups is 1. The number of halogens is 12. The van der Waals surface area contributed by atoms with E-state index in [4.69, 9.17) is 0 Å². The van der Waals surface area contributed by atoms with Crippen LogP contribution in [0.3, 0.4) is 0 Å². The van der Waals surface area contributed by atoms with E-state index in [0.717, 1.165) is 19.9 Å². The van der Waals surface area contributed by atoms with E-state index in [9.17, 15) is 52.7 Å². The quantitative estimate of drug-likeness (QED) is 0.175. The predicted molar refractivity (Wildman–Crippen MR) is 125 cm³/mol. The van der Waals surface area contributed by atoms with E-state index in [1.165, 1.54) is 20.9 Å². The second-order valence-electron chi connectivity index (χ2n) is 9.45. The van der Waals surface area contributed by atoms with Crippen molar-refractivity contribution in [2.75, 3.05) is 0 Å². The van der Waals surface area contributed by atoms with Crippen LogP contribution < -0.4 is 0 Å². The third kappa shape index (κ3) is 12.8. The molecule has 0 heterocycles. The van der Waals surface area contributed by atoms with Gasteiger partial charge in [0.2, 0.25) is 0 Å². The second kappa shape index (κ2) is 13.1. The molecule has 0 saturated heterocycles. The summed E-state index contributed by atoms with van der Waals surface area (Å²) in [6.07, 6.45) is -19.5. The van der Waals surface area contributed by atoms with Crippen molar-refractivity contribution >= 4 is 17.1 Å². The van der Waals surface area contributed by atoms with Crippen LogP contribution in [0.1, 0.15) is 56.9 Å². The monoisotopic (exact) mass is 685 g/mol. The number of rotatable bonds is 4. The molecule has 41 heavy (non-hydrogen) atoms. The second-order valence-corrected chi connectivity index (χ2v) is 9.94. The Morgan fingerprint density at radius 1 is 0.634 bits per heavy atom. The van der Waals surface area contributed by atoms with Crippen LogP contribution in [0.4, 0.5) is 64.1 Å². The molecule has 0 aliphatic rings. The van der Waals surface area contributed by atoms with Crippen molar-refractivity contribution in [3.63, 3.8) is 0 Å². The van der Waals surface area contributed by atoms with Gasteiger partial charge in [-0.3, -0.25) is 4.99 Å². The van der Waals surface area contributed by atoms with Crippen molar-refractivity contribution in [1.82, 2.24) is 0 Å². The SMILES string of the molecule is CC(/C=C(\C)[N-]c1cc(C(F)(F)F)cc(C(F)(F)F)c1)=Nc1cc(C(F)(F)F)cc(C(F)(F)F)c1.CC(C)(C)[N]=[Nb]. The molecule has 16 heteroatoms. The van der Waals surface area contributed by atoms with Gasteiger partial charge in [-0.15, -0.1) is 5.69 Å². The summed E-state index contributed by atoms with van der Waals surface area (Å²) in [5, 5.41) is 3.62. The molecule has 2 rings (SSSR count). The van der Waals surface area contributed by atoms with Crippen LogP contribution in [0.25, 0.3) is 5.32 Å². The summed E-state index contributed by atoms with van der Waals surface area (Å²) in [5.74, 6) is 0. The Morgan fingerprint density at radius 3 is 1.24 bits per heavy atom. The number of allylic oxidation sites excluding steroid dienone is 2. The molecule has 0 bridgehead atoms. The molecule has 2 aromatic rings. The van der Waals surface area contributed by atoms with Crippen LogP contribution in [-0.4, -0.2) is 11.3 Å². The standard InChI is InChI=1S/C21H13F12N2.C4H9N.Nb/c1-10(34-16-6-12(18(22,23)24)4-13(7-16)19(25,26)27)3-11(2)35-17-8-14(20(28,29)30)5-15(9-17)21(31,32)33;1-4(2,3)5;/h3-9H,1-2H3;1-3H3;/q-1;;/b10-3+,35-11?;;. The van der Waals surface area contributed by atoms with Gasteiger partial charge >= 0.3 is 75.2 Å². The van der Waals surface area contributed by atoms with E-state index in [2.05, 4.69) is 34.4 Å². The Bertz CT molecular complexity index is 1210. The molecule has 0 aliphatic heterocycles. The number of hydrogen-bond donors (Lipinski definition) is 0. The average molecular weight is 685 g/mol. The van der Waals surface area contributed by atoms with E-state index in [1.807, 2.05) is 0 Å². The van der Waals surface area contributed by atoms with E-state index < -0.39 is 58.3 Å². The first-order chi connectivity index (χ1) is 18.2. The number of nitrogens with zero attached hydrogens (tertiary/aromatic N) is 3. The summed E-state index contributed by atoms with van der Waals surface area (Å²) in [6.45, 7) is 8.54. The van der Waals surface area contributed by atoms with Crippen LogP contribution in [0, 0.1) is 0 Å². The normalized spacial score (nSPS) is 13.9. The van der Waals surface area contributed by atoms with Crippen LogP contribution in [0.2, 0.25) is 0 Å². The molecule has 0 atom stereocenters. The fourth-order valence-corrected chi connectivity index (χ4v) is 2.78. The van der Waals surface area contributed by atoms with Crippen molar-refractivity contribution in [3.8, 4) is 0 Å². The molecule has 0 amide bonds. The molecule has 0 radical (unpaired) electrons. The maximum atomic E-state index is 13.0. The molecule has 227 valence electrons. The fourth-order valence-electron chi connectivity index (χ4n) is 2.78. The van der Waals surface area contributed by atoms with Gasteiger partial charge in [0.25, 0.3) is 0 Å². The summed E-state index contributed by atoms with van der Waals surface area (Å²) in [4.78, 5) is 3.62. The van der Waals surface area contributed by atoms with E-state index in [-0.39, 0.29) is 29.1 Å². The van der Waals surface area contributed by atoms with Crippen LogP contribution in [0.5, 0.6) is 0 Å². The minimum atomic E-state index is -5.11.